The summed E-state index contributed by atoms with van der Waals surface area (Å²) in [6, 6.07) is 9.80. The Hall–Kier alpha value is -1.90. The fourth-order valence-corrected chi connectivity index (χ4v) is 1.61. The first kappa shape index (κ1) is 10.6. The first-order chi connectivity index (χ1) is 7.66. The van der Waals surface area contributed by atoms with Crippen molar-refractivity contribution in [2.24, 2.45) is 0 Å². The molecule has 3 N–H and O–H groups in total. The standard InChI is InChI=1S/C13H16N2O/c1-9-6-7-11(16-9)8-15-13-5-3-4-12(14)10(13)2/h3-7,15H,8,14H2,1-2H3. The summed E-state index contributed by atoms with van der Waals surface area (Å²) in [6.07, 6.45) is 0. The van der Waals surface area contributed by atoms with Crippen molar-refractivity contribution in [1.29, 1.82) is 0 Å². The minimum atomic E-state index is 0.679. The highest BCUT2D eigenvalue weighted by Gasteiger charge is 2.02. The number of furan rings is 1. The molecule has 0 aliphatic rings. The van der Waals surface area contributed by atoms with E-state index >= 15 is 0 Å². The normalized spacial score (nSPS) is 10.4. The Morgan fingerprint density at radius 2 is 2.00 bits per heavy atom. The summed E-state index contributed by atoms with van der Waals surface area (Å²) in [5.41, 5.74) is 8.76. The van der Waals surface area contributed by atoms with Crippen LogP contribution in [0, 0.1) is 13.8 Å². The molecule has 3 nitrogen and oxygen atoms in total. The Kier molecular flexibility index (Phi) is 2.86. The predicted octanol–water partition coefficient (Wildman–Crippen LogP) is 3.09. The summed E-state index contributed by atoms with van der Waals surface area (Å²) >= 11 is 0. The summed E-state index contributed by atoms with van der Waals surface area (Å²) in [4.78, 5) is 0. The molecule has 0 fully saturated rings. The van der Waals surface area contributed by atoms with Crippen LogP contribution in [0.5, 0.6) is 0 Å². The van der Waals surface area contributed by atoms with Gasteiger partial charge in [0.15, 0.2) is 0 Å². The summed E-state index contributed by atoms with van der Waals surface area (Å²) in [7, 11) is 0. The minimum absolute atomic E-state index is 0.679. The van der Waals surface area contributed by atoms with E-state index in [1.54, 1.807) is 0 Å². The molecule has 3 heteroatoms. The maximum absolute atomic E-state index is 5.83. The lowest BCUT2D eigenvalue weighted by atomic mass is 10.1. The third-order valence-corrected chi connectivity index (χ3v) is 2.62. The van der Waals surface area contributed by atoms with Gasteiger partial charge in [0.2, 0.25) is 0 Å². The Morgan fingerprint density at radius 1 is 1.19 bits per heavy atom. The SMILES string of the molecule is Cc1ccc(CNc2cccc(N)c2C)o1. The fourth-order valence-electron chi connectivity index (χ4n) is 1.61. The van der Waals surface area contributed by atoms with Crippen molar-refractivity contribution < 1.29 is 4.42 Å². The molecule has 0 atom stereocenters. The molecule has 0 spiro atoms. The summed E-state index contributed by atoms with van der Waals surface area (Å²) < 4.78 is 5.48. The van der Waals surface area contributed by atoms with E-state index in [1.165, 1.54) is 0 Å². The summed E-state index contributed by atoms with van der Waals surface area (Å²) in [6.45, 7) is 4.62. The third kappa shape index (κ3) is 2.19. The molecule has 2 aromatic rings. The Morgan fingerprint density at radius 3 is 2.69 bits per heavy atom. The maximum atomic E-state index is 5.83. The van der Waals surface area contributed by atoms with Crippen molar-refractivity contribution in [3.8, 4) is 0 Å². The van der Waals surface area contributed by atoms with Gasteiger partial charge in [0.25, 0.3) is 0 Å². The van der Waals surface area contributed by atoms with E-state index in [0.29, 0.717) is 6.54 Å². The Bertz CT molecular complexity index is 488. The number of hydrogen-bond donors (Lipinski definition) is 2. The number of rotatable bonds is 3. The first-order valence-electron chi connectivity index (χ1n) is 5.31. The van der Waals surface area contributed by atoms with E-state index in [2.05, 4.69) is 5.32 Å². The molecule has 0 bridgehead atoms. The number of benzene rings is 1. The van der Waals surface area contributed by atoms with Crippen LogP contribution in [0.25, 0.3) is 0 Å². The van der Waals surface area contributed by atoms with Crippen LogP contribution >= 0.6 is 0 Å². The van der Waals surface area contributed by atoms with Crippen molar-refractivity contribution in [2.75, 3.05) is 11.1 Å². The molecule has 0 aliphatic heterocycles. The van der Waals surface area contributed by atoms with E-state index < -0.39 is 0 Å². The molecule has 0 saturated heterocycles. The van der Waals surface area contributed by atoms with Gasteiger partial charge in [0.1, 0.15) is 11.5 Å². The highest BCUT2D eigenvalue weighted by molar-refractivity contribution is 5.62. The van der Waals surface area contributed by atoms with Gasteiger partial charge < -0.3 is 15.5 Å². The number of nitrogens with one attached hydrogen (secondary N) is 1. The van der Waals surface area contributed by atoms with Gasteiger partial charge in [0, 0.05) is 11.4 Å². The lowest BCUT2D eigenvalue weighted by Gasteiger charge is -2.09. The molecular weight excluding hydrogens is 200 g/mol. The van der Waals surface area contributed by atoms with Crippen LogP contribution in [0.3, 0.4) is 0 Å². The van der Waals surface area contributed by atoms with E-state index in [9.17, 15) is 0 Å². The largest absolute Gasteiger partial charge is 0.465 e. The number of anilines is 2. The van der Waals surface area contributed by atoms with Crippen LogP contribution in [0.15, 0.2) is 34.7 Å². The second kappa shape index (κ2) is 4.31. The molecule has 0 radical (unpaired) electrons. The lowest BCUT2D eigenvalue weighted by Crippen LogP contribution is -2.01. The quantitative estimate of drug-likeness (QED) is 0.775. The highest BCUT2D eigenvalue weighted by Crippen LogP contribution is 2.21. The number of nitrogens with two attached hydrogens (primary N) is 1. The van der Waals surface area contributed by atoms with Crippen LogP contribution in [-0.2, 0) is 6.54 Å². The van der Waals surface area contributed by atoms with Crippen LogP contribution in [0.1, 0.15) is 17.1 Å². The average Bonchev–Trinajstić information content (AvgIpc) is 2.67. The van der Waals surface area contributed by atoms with Crippen LogP contribution in [0.4, 0.5) is 11.4 Å². The van der Waals surface area contributed by atoms with Crippen LogP contribution < -0.4 is 11.1 Å². The molecule has 1 aromatic heterocycles. The van der Waals surface area contributed by atoms with Crippen molar-refractivity contribution in [1.82, 2.24) is 0 Å². The molecule has 1 heterocycles. The van der Waals surface area contributed by atoms with Crippen LogP contribution in [-0.4, -0.2) is 0 Å². The fraction of sp³-hybridized carbons (Fsp3) is 0.231. The van der Waals surface area contributed by atoms with Gasteiger partial charge in [-0.3, -0.25) is 0 Å². The molecule has 0 unspecified atom stereocenters. The van der Waals surface area contributed by atoms with Crippen molar-refractivity contribution in [3.05, 3.63) is 47.4 Å². The van der Waals surface area contributed by atoms with Gasteiger partial charge in [-0.05, 0) is 43.7 Å². The molecule has 84 valence electrons. The minimum Gasteiger partial charge on any atom is -0.465 e. The Balaban J connectivity index is 2.07. The number of hydrogen-bond acceptors (Lipinski definition) is 3. The molecule has 16 heavy (non-hydrogen) atoms. The van der Waals surface area contributed by atoms with Gasteiger partial charge in [-0.1, -0.05) is 6.07 Å². The van der Waals surface area contributed by atoms with Gasteiger partial charge in [-0.2, -0.15) is 0 Å². The van der Waals surface area contributed by atoms with Crippen molar-refractivity contribution in [3.63, 3.8) is 0 Å². The smallest absolute Gasteiger partial charge is 0.123 e. The van der Waals surface area contributed by atoms with E-state index in [1.807, 2.05) is 44.2 Å². The first-order valence-corrected chi connectivity index (χ1v) is 5.31. The summed E-state index contributed by atoms with van der Waals surface area (Å²) in [5, 5.41) is 3.31. The molecule has 0 aliphatic carbocycles. The lowest BCUT2D eigenvalue weighted by molar-refractivity contribution is 0.490. The van der Waals surface area contributed by atoms with Gasteiger partial charge >= 0.3 is 0 Å². The summed E-state index contributed by atoms with van der Waals surface area (Å²) in [5.74, 6) is 1.86. The number of aryl methyl sites for hydroxylation is 1. The molecule has 2 rings (SSSR count). The van der Waals surface area contributed by atoms with E-state index in [-0.39, 0.29) is 0 Å². The molecule has 0 saturated carbocycles. The number of nitrogen functional groups attached to an aromatic ring is 1. The zero-order valence-corrected chi connectivity index (χ0v) is 9.58. The second-order valence-corrected chi connectivity index (χ2v) is 3.89. The van der Waals surface area contributed by atoms with Crippen LogP contribution in [0.2, 0.25) is 0 Å². The second-order valence-electron chi connectivity index (χ2n) is 3.89. The maximum Gasteiger partial charge on any atom is 0.123 e. The van der Waals surface area contributed by atoms with Crippen molar-refractivity contribution >= 4 is 11.4 Å². The molecule has 0 amide bonds. The topological polar surface area (TPSA) is 51.2 Å². The molecular formula is C13H16N2O. The molecule has 1 aromatic carbocycles. The predicted molar refractivity (Wildman–Crippen MR) is 66.4 cm³/mol. The Labute approximate surface area is 95.3 Å². The van der Waals surface area contributed by atoms with Gasteiger partial charge in [-0.15, -0.1) is 0 Å². The zero-order valence-electron chi connectivity index (χ0n) is 9.58. The van der Waals surface area contributed by atoms with Crippen molar-refractivity contribution in [2.45, 2.75) is 20.4 Å². The third-order valence-electron chi connectivity index (χ3n) is 2.62. The zero-order chi connectivity index (χ0) is 11.5. The average molecular weight is 216 g/mol. The van der Waals surface area contributed by atoms with E-state index in [4.69, 9.17) is 10.2 Å². The van der Waals surface area contributed by atoms with Gasteiger partial charge in [-0.25, -0.2) is 0 Å². The monoisotopic (exact) mass is 216 g/mol. The van der Waals surface area contributed by atoms with Gasteiger partial charge in [0.05, 0.1) is 6.54 Å². The highest BCUT2D eigenvalue weighted by atomic mass is 16.3. The van der Waals surface area contributed by atoms with E-state index in [0.717, 1.165) is 28.5 Å².